The maximum Gasteiger partial charge on any atom is 0.0467 e. The van der Waals surface area contributed by atoms with Crippen LogP contribution in [-0.4, -0.2) is 0 Å². The third-order valence-corrected chi connectivity index (χ3v) is 10.8. The van der Waals surface area contributed by atoms with Crippen LogP contribution < -0.4 is 4.90 Å². The number of anilines is 3. The molecule has 258 valence electrons. The molecule has 0 aliphatic carbocycles. The van der Waals surface area contributed by atoms with Crippen LogP contribution >= 0.6 is 0 Å². The summed E-state index contributed by atoms with van der Waals surface area (Å²) in [5, 5.41) is 7.49. The molecule has 0 heterocycles. The predicted molar refractivity (Wildman–Crippen MR) is 235 cm³/mol. The molecule has 0 bridgehead atoms. The van der Waals surface area contributed by atoms with Crippen molar-refractivity contribution in [1.82, 2.24) is 0 Å². The largest absolute Gasteiger partial charge is 0.310 e. The summed E-state index contributed by atoms with van der Waals surface area (Å²) in [7, 11) is 0. The van der Waals surface area contributed by atoms with Gasteiger partial charge in [-0.1, -0.05) is 176 Å². The Hall–Kier alpha value is -7.22. The van der Waals surface area contributed by atoms with Crippen LogP contribution in [0.15, 0.2) is 224 Å². The van der Waals surface area contributed by atoms with E-state index in [-0.39, 0.29) is 0 Å². The van der Waals surface area contributed by atoms with E-state index in [1.807, 2.05) is 0 Å². The van der Waals surface area contributed by atoms with Crippen molar-refractivity contribution in [2.45, 2.75) is 0 Å². The van der Waals surface area contributed by atoms with E-state index in [1.165, 1.54) is 76.8 Å². The highest BCUT2D eigenvalue weighted by molar-refractivity contribution is 5.98. The molecule has 0 fully saturated rings. The van der Waals surface area contributed by atoms with E-state index in [0.29, 0.717) is 0 Å². The number of rotatable bonds is 7. The average Bonchev–Trinajstić information content (AvgIpc) is 3.27. The van der Waals surface area contributed by atoms with Gasteiger partial charge >= 0.3 is 0 Å². The number of hydrogen-bond donors (Lipinski definition) is 0. The quantitative estimate of drug-likeness (QED) is 0.160. The van der Waals surface area contributed by atoms with Gasteiger partial charge in [-0.3, -0.25) is 0 Å². The van der Waals surface area contributed by atoms with E-state index in [0.717, 1.165) is 17.1 Å². The van der Waals surface area contributed by atoms with E-state index in [9.17, 15) is 0 Å². The normalized spacial score (nSPS) is 11.3. The molecule has 0 amide bonds. The van der Waals surface area contributed by atoms with Gasteiger partial charge < -0.3 is 4.90 Å². The van der Waals surface area contributed by atoms with Gasteiger partial charge in [0, 0.05) is 17.1 Å². The lowest BCUT2D eigenvalue weighted by atomic mass is 9.96. The molecule has 0 unspecified atom stereocenters. The third-order valence-electron chi connectivity index (χ3n) is 10.8. The molecule has 10 aromatic rings. The van der Waals surface area contributed by atoms with Crippen molar-refractivity contribution in [1.29, 1.82) is 0 Å². The summed E-state index contributed by atoms with van der Waals surface area (Å²) in [6, 6.07) is 81.5. The standard InChI is InChI=1S/C54H37N/c1-2-11-38(12-3-1)45-25-23-39-24-26-46(36-47(39)35-45)44-17-8-18-50(37-44)55(48-31-27-42(28-32-48)53-21-9-15-40-13-4-6-19-51(40)53)49-33-29-43(30-34-49)54-22-10-16-41-14-5-7-20-52(41)54/h1-37H. The molecule has 0 saturated carbocycles. The lowest BCUT2D eigenvalue weighted by Gasteiger charge is -2.26. The Kier molecular flexibility index (Phi) is 8.24. The monoisotopic (exact) mass is 699 g/mol. The maximum atomic E-state index is 2.37. The summed E-state index contributed by atoms with van der Waals surface area (Å²) < 4.78 is 0. The third kappa shape index (κ3) is 6.22. The van der Waals surface area contributed by atoms with Gasteiger partial charge in [0.2, 0.25) is 0 Å². The van der Waals surface area contributed by atoms with Crippen molar-refractivity contribution in [3.63, 3.8) is 0 Å². The molecule has 55 heavy (non-hydrogen) atoms. The fourth-order valence-corrected chi connectivity index (χ4v) is 8.04. The van der Waals surface area contributed by atoms with Gasteiger partial charge in [0.05, 0.1) is 0 Å². The second-order valence-corrected chi connectivity index (χ2v) is 14.2. The summed E-state index contributed by atoms with van der Waals surface area (Å²) in [4.78, 5) is 2.37. The van der Waals surface area contributed by atoms with Crippen LogP contribution in [0.4, 0.5) is 17.1 Å². The predicted octanol–water partition coefficient (Wildman–Crippen LogP) is 15.3. The van der Waals surface area contributed by atoms with Gasteiger partial charge in [-0.2, -0.15) is 0 Å². The molecular formula is C54H37N. The number of nitrogens with zero attached hydrogens (tertiary/aromatic N) is 1. The summed E-state index contributed by atoms with van der Waals surface area (Å²) in [6.45, 7) is 0. The van der Waals surface area contributed by atoms with Crippen LogP contribution in [0.5, 0.6) is 0 Å². The fourth-order valence-electron chi connectivity index (χ4n) is 8.04. The zero-order valence-electron chi connectivity index (χ0n) is 30.3. The molecule has 1 nitrogen and oxygen atoms in total. The van der Waals surface area contributed by atoms with E-state index in [1.54, 1.807) is 0 Å². The molecule has 0 N–H and O–H groups in total. The molecule has 10 rings (SSSR count). The number of fused-ring (bicyclic) bond motifs is 3. The Balaban J connectivity index is 1.06. The molecule has 0 atom stereocenters. The summed E-state index contributed by atoms with van der Waals surface area (Å²) in [6.07, 6.45) is 0. The van der Waals surface area contributed by atoms with Gasteiger partial charge in [0.25, 0.3) is 0 Å². The zero-order valence-corrected chi connectivity index (χ0v) is 30.3. The van der Waals surface area contributed by atoms with Crippen molar-refractivity contribution in [2.75, 3.05) is 4.90 Å². The van der Waals surface area contributed by atoms with Gasteiger partial charge in [-0.05, 0) is 125 Å². The molecule has 0 spiro atoms. The Morgan fingerprint density at radius 1 is 0.218 bits per heavy atom. The SMILES string of the molecule is c1ccc(-c2ccc3ccc(-c4cccc(N(c5ccc(-c6cccc7ccccc67)cc5)c5ccc(-c6cccc7ccccc67)cc5)c4)cc3c2)cc1. The molecule has 0 saturated heterocycles. The van der Waals surface area contributed by atoms with E-state index in [2.05, 4.69) is 229 Å². The van der Waals surface area contributed by atoms with Crippen molar-refractivity contribution in [2.24, 2.45) is 0 Å². The first-order valence-corrected chi connectivity index (χ1v) is 18.9. The highest BCUT2D eigenvalue weighted by Gasteiger charge is 2.16. The molecule has 10 aromatic carbocycles. The molecule has 0 radical (unpaired) electrons. The van der Waals surface area contributed by atoms with Crippen molar-refractivity contribution in [3.05, 3.63) is 224 Å². The maximum absolute atomic E-state index is 2.37. The minimum Gasteiger partial charge on any atom is -0.310 e. The van der Waals surface area contributed by atoms with Gasteiger partial charge in [-0.25, -0.2) is 0 Å². The second kappa shape index (κ2) is 14.0. The molecule has 0 aromatic heterocycles. The molecule has 1 heteroatoms. The second-order valence-electron chi connectivity index (χ2n) is 14.2. The first-order chi connectivity index (χ1) is 27.2. The first kappa shape index (κ1) is 32.4. The average molecular weight is 700 g/mol. The molecule has 0 aliphatic rings. The zero-order chi connectivity index (χ0) is 36.6. The van der Waals surface area contributed by atoms with Crippen LogP contribution in [0.1, 0.15) is 0 Å². The van der Waals surface area contributed by atoms with Gasteiger partial charge in [-0.15, -0.1) is 0 Å². The smallest absolute Gasteiger partial charge is 0.0467 e. The Labute approximate surface area is 322 Å². The minimum atomic E-state index is 1.10. The molecule has 0 aliphatic heterocycles. The van der Waals surface area contributed by atoms with Gasteiger partial charge in [0.1, 0.15) is 0 Å². The first-order valence-electron chi connectivity index (χ1n) is 18.9. The topological polar surface area (TPSA) is 3.24 Å². The van der Waals surface area contributed by atoms with Crippen molar-refractivity contribution in [3.8, 4) is 44.5 Å². The van der Waals surface area contributed by atoms with Crippen LogP contribution in [0.2, 0.25) is 0 Å². The van der Waals surface area contributed by atoms with Crippen molar-refractivity contribution < 1.29 is 0 Å². The van der Waals surface area contributed by atoms with Crippen LogP contribution in [0.3, 0.4) is 0 Å². The summed E-state index contributed by atoms with van der Waals surface area (Å²) in [5.74, 6) is 0. The lowest BCUT2D eigenvalue weighted by molar-refractivity contribution is 1.28. The highest BCUT2D eigenvalue weighted by Crippen LogP contribution is 2.40. The summed E-state index contributed by atoms with van der Waals surface area (Å²) in [5.41, 5.74) is 13.0. The number of benzene rings is 10. The Morgan fingerprint density at radius 2 is 0.655 bits per heavy atom. The van der Waals surface area contributed by atoms with E-state index in [4.69, 9.17) is 0 Å². The van der Waals surface area contributed by atoms with E-state index >= 15 is 0 Å². The van der Waals surface area contributed by atoms with Crippen LogP contribution in [0.25, 0.3) is 76.8 Å². The van der Waals surface area contributed by atoms with Crippen molar-refractivity contribution >= 4 is 49.4 Å². The summed E-state index contributed by atoms with van der Waals surface area (Å²) >= 11 is 0. The minimum absolute atomic E-state index is 1.10. The number of hydrogen-bond acceptors (Lipinski definition) is 1. The molecular weight excluding hydrogens is 663 g/mol. The lowest BCUT2D eigenvalue weighted by Crippen LogP contribution is -2.10. The van der Waals surface area contributed by atoms with E-state index < -0.39 is 0 Å². The van der Waals surface area contributed by atoms with Crippen LogP contribution in [0, 0.1) is 0 Å². The Morgan fingerprint density at radius 3 is 1.24 bits per heavy atom. The van der Waals surface area contributed by atoms with Crippen LogP contribution in [-0.2, 0) is 0 Å². The fraction of sp³-hybridized carbons (Fsp3) is 0. The van der Waals surface area contributed by atoms with Gasteiger partial charge in [0.15, 0.2) is 0 Å². The highest BCUT2D eigenvalue weighted by atomic mass is 15.1. The Bertz CT molecular complexity index is 2830.